The molecule has 2 aliphatic heterocycles. The van der Waals surface area contributed by atoms with Crippen molar-refractivity contribution in [2.75, 3.05) is 39.3 Å². The van der Waals surface area contributed by atoms with Crippen LogP contribution in [-0.2, 0) is 4.74 Å². The number of hydrogen-bond acceptors (Lipinski definition) is 5. The Balaban J connectivity index is 1.80. The molecule has 120 valence electrons. The van der Waals surface area contributed by atoms with Crippen LogP contribution in [0.2, 0.25) is 0 Å². The third kappa shape index (κ3) is 4.21. The number of carbonyl (C=O) groups is 2. The van der Waals surface area contributed by atoms with Crippen molar-refractivity contribution in [1.29, 1.82) is 0 Å². The van der Waals surface area contributed by atoms with Crippen molar-refractivity contribution in [1.82, 2.24) is 14.7 Å². The van der Waals surface area contributed by atoms with E-state index < -0.39 is 12.4 Å². The zero-order valence-corrected chi connectivity index (χ0v) is 12.5. The molecule has 0 saturated carbocycles. The van der Waals surface area contributed by atoms with Crippen molar-refractivity contribution in [3.8, 4) is 0 Å². The molecule has 4 N–H and O–H groups in total. The SMILES string of the molecule is CC1CCCN(C(=O)N2CCN(C(=O)OC(N)N)CC2)C1. The first-order valence-electron chi connectivity index (χ1n) is 7.48. The van der Waals surface area contributed by atoms with E-state index in [4.69, 9.17) is 16.2 Å². The Hall–Kier alpha value is -1.54. The third-order valence-corrected chi connectivity index (χ3v) is 3.97. The molecule has 2 fully saturated rings. The van der Waals surface area contributed by atoms with Crippen molar-refractivity contribution < 1.29 is 14.3 Å². The van der Waals surface area contributed by atoms with E-state index in [1.54, 1.807) is 4.90 Å². The maximum Gasteiger partial charge on any atom is 0.412 e. The first-order valence-corrected chi connectivity index (χ1v) is 7.48. The molecular formula is C13H25N5O3. The van der Waals surface area contributed by atoms with E-state index in [-0.39, 0.29) is 6.03 Å². The summed E-state index contributed by atoms with van der Waals surface area (Å²) in [6, 6.07) is 0.0742. The fourth-order valence-corrected chi connectivity index (χ4v) is 2.83. The van der Waals surface area contributed by atoms with Gasteiger partial charge in [-0.25, -0.2) is 9.59 Å². The van der Waals surface area contributed by atoms with E-state index in [1.807, 2.05) is 4.90 Å². The lowest BCUT2D eigenvalue weighted by Crippen LogP contribution is -2.56. The highest BCUT2D eigenvalue weighted by molar-refractivity contribution is 5.75. The minimum Gasteiger partial charge on any atom is -0.417 e. The Morgan fingerprint density at radius 1 is 1.05 bits per heavy atom. The first kappa shape index (κ1) is 15.8. The number of piperidine rings is 1. The molecule has 2 rings (SSSR count). The highest BCUT2D eigenvalue weighted by atomic mass is 16.6. The standard InChI is InChI=1S/C13H25N5O3/c1-10-3-2-4-18(9-10)12(19)16-5-7-17(8-6-16)13(20)21-11(14)15/h10-11H,2-9,14-15H2,1H3. The van der Waals surface area contributed by atoms with Gasteiger partial charge in [-0.2, -0.15) is 0 Å². The number of nitrogens with zero attached hydrogens (tertiary/aromatic N) is 3. The van der Waals surface area contributed by atoms with Crippen molar-refractivity contribution >= 4 is 12.1 Å². The third-order valence-electron chi connectivity index (χ3n) is 3.97. The zero-order chi connectivity index (χ0) is 15.4. The van der Waals surface area contributed by atoms with Gasteiger partial charge in [0.15, 0.2) is 0 Å². The number of likely N-dealkylation sites (tertiary alicyclic amines) is 1. The smallest absolute Gasteiger partial charge is 0.412 e. The molecule has 1 atom stereocenters. The van der Waals surface area contributed by atoms with Crippen LogP contribution in [0.1, 0.15) is 19.8 Å². The van der Waals surface area contributed by atoms with Gasteiger partial charge in [0.2, 0.25) is 6.35 Å². The molecular weight excluding hydrogens is 274 g/mol. The van der Waals surface area contributed by atoms with E-state index in [1.165, 1.54) is 11.3 Å². The van der Waals surface area contributed by atoms with E-state index in [2.05, 4.69) is 6.92 Å². The maximum atomic E-state index is 12.4. The van der Waals surface area contributed by atoms with Crippen molar-refractivity contribution in [2.24, 2.45) is 17.4 Å². The lowest BCUT2D eigenvalue weighted by molar-refractivity contribution is 0.0497. The van der Waals surface area contributed by atoms with Gasteiger partial charge in [-0.15, -0.1) is 0 Å². The molecule has 0 radical (unpaired) electrons. The summed E-state index contributed by atoms with van der Waals surface area (Å²) in [4.78, 5) is 29.3. The van der Waals surface area contributed by atoms with E-state index >= 15 is 0 Å². The predicted molar refractivity (Wildman–Crippen MR) is 77.2 cm³/mol. The number of piperazine rings is 1. The molecule has 2 heterocycles. The van der Waals surface area contributed by atoms with Crippen molar-refractivity contribution in [3.63, 3.8) is 0 Å². The highest BCUT2D eigenvalue weighted by Gasteiger charge is 2.29. The van der Waals surface area contributed by atoms with Crippen LogP contribution in [0, 0.1) is 5.92 Å². The average Bonchev–Trinajstić information content (AvgIpc) is 2.46. The lowest BCUT2D eigenvalue weighted by atomic mass is 10.0. The van der Waals surface area contributed by atoms with Crippen LogP contribution in [0.15, 0.2) is 0 Å². The summed E-state index contributed by atoms with van der Waals surface area (Å²) >= 11 is 0. The highest BCUT2D eigenvalue weighted by Crippen LogP contribution is 2.17. The molecule has 0 aliphatic carbocycles. The van der Waals surface area contributed by atoms with E-state index in [0.29, 0.717) is 32.1 Å². The van der Waals surface area contributed by atoms with Gasteiger partial charge in [0.25, 0.3) is 0 Å². The molecule has 0 bridgehead atoms. The van der Waals surface area contributed by atoms with Crippen LogP contribution in [-0.4, -0.2) is 72.4 Å². The number of hydrogen-bond donors (Lipinski definition) is 2. The van der Waals surface area contributed by atoms with Gasteiger partial charge in [0.1, 0.15) is 0 Å². The normalized spacial score (nSPS) is 23.4. The van der Waals surface area contributed by atoms with Gasteiger partial charge in [-0.1, -0.05) is 6.92 Å². The summed E-state index contributed by atoms with van der Waals surface area (Å²) in [5.74, 6) is 0.560. The van der Waals surface area contributed by atoms with Crippen LogP contribution in [0.3, 0.4) is 0 Å². The Kier molecular flexibility index (Phi) is 5.24. The van der Waals surface area contributed by atoms with Crippen LogP contribution >= 0.6 is 0 Å². The summed E-state index contributed by atoms with van der Waals surface area (Å²) < 4.78 is 4.74. The molecule has 21 heavy (non-hydrogen) atoms. The second-order valence-corrected chi connectivity index (χ2v) is 5.80. The van der Waals surface area contributed by atoms with Gasteiger partial charge in [0.05, 0.1) is 0 Å². The molecule has 0 aromatic rings. The van der Waals surface area contributed by atoms with E-state index in [0.717, 1.165) is 19.5 Å². The lowest BCUT2D eigenvalue weighted by Gasteiger charge is -2.39. The largest absolute Gasteiger partial charge is 0.417 e. The second-order valence-electron chi connectivity index (χ2n) is 5.80. The minimum absolute atomic E-state index is 0.0742. The Bertz CT molecular complexity index is 382. The summed E-state index contributed by atoms with van der Waals surface area (Å²) in [5, 5.41) is 0. The molecule has 8 nitrogen and oxygen atoms in total. The summed E-state index contributed by atoms with van der Waals surface area (Å²) in [6.07, 6.45) is 0.617. The van der Waals surface area contributed by atoms with Crippen LogP contribution < -0.4 is 11.5 Å². The van der Waals surface area contributed by atoms with Crippen LogP contribution in [0.4, 0.5) is 9.59 Å². The van der Waals surface area contributed by atoms with Crippen molar-refractivity contribution in [2.45, 2.75) is 26.1 Å². The topological polar surface area (TPSA) is 105 Å². The molecule has 1 unspecified atom stereocenters. The number of carbonyl (C=O) groups excluding carboxylic acids is 2. The van der Waals surface area contributed by atoms with Gasteiger partial charge < -0.3 is 19.4 Å². The number of rotatable bonds is 1. The molecule has 8 heteroatoms. The summed E-state index contributed by atoms with van der Waals surface area (Å²) in [7, 11) is 0. The number of ether oxygens (including phenoxy) is 1. The summed E-state index contributed by atoms with van der Waals surface area (Å²) in [5.41, 5.74) is 10.4. The zero-order valence-electron chi connectivity index (χ0n) is 12.5. The number of amides is 3. The predicted octanol–water partition coefficient (Wildman–Crippen LogP) is -0.206. The minimum atomic E-state index is -1.10. The Morgan fingerprint density at radius 3 is 2.24 bits per heavy atom. The fourth-order valence-electron chi connectivity index (χ4n) is 2.83. The molecule has 3 amide bonds. The Morgan fingerprint density at radius 2 is 1.67 bits per heavy atom. The molecule has 0 spiro atoms. The molecule has 2 aliphatic rings. The Labute approximate surface area is 125 Å². The number of urea groups is 1. The van der Waals surface area contributed by atoms with Crippen LogP contribution in [0.5, 0.6) is 0 Å². The fraction of sp³-hybridized carbons (Fsp3) is 0.846. The monoisotopic (exact) mass is 299 g/mol. The molecule has 0 aromatic heterocycles. The second kappa shape index (κ2) is 6.95. The van der Waals surface area contributed by atoms with Crippen LogP contribution in [0.25, 0.3) is 0 Å². The maximum absolute atomic E-state index is 12.4. The van der Waals surface area contributed by atoms with Gasteiger partial charge in [-0.05, 0) is 18.8 Å². The van der Waals surface area contributed by atoms with Gasteiger partial charge in [-0.3, -0.25) is 11.5 Å². The molecule has 2 saturated heterocycles. The molecule has 0 aromatic carbocycles. The first-order chi connectivity index (χ1) is 9.97. The van der Waals surface area contributed by atoms with Gasteiger partial charge >= 0.3 is 12.1 Å². The average molecular weight is 299 g/mol. The van der Waals surface area contributed by atoms with E-state index in [9.17, 15) is 9.59 Å². The quantitative estimate of drug-likeness (QED) is 0.652. The number of nitrogens with two attached hydrogens (primary N) is 2. The van der Waals surface area contributed by atoms with Gasteiger partial charge in [0, 0.05) is 39.3 Å². The van der Waals surface area contributed by atoms with Crippen molar-refractivity contribution in [3.05, 3.63) is 0 Å². The summed E-state index contributed by atoms with van der Waals surface area (Å²) in [6.45, 7) is 5.73.